The number of nitrogens with zero attached hydrogens (tertiary/aromatic N) is 2. The molecule has 0 aliphatic rings. The molecule has 0 unspecified atom stereocenters. The van der Waals surface area contributed by atoms with Crippen molar-refractivity contribution in [1.82, 2.24) is 9.55 Å². The number of esters is 1. The zero-order valence-corrected chi connectivity index (χ0v) is 16.3. The molecule has 1 aromatic rings. The Kier molecular flexibility index (Phi) is 13.0. The Morgan fingerprint density at radius 2 is 1.80 bits per heavy atom. The van der Waals surface area contributed by atoms with Crippen molar-refractivity contribution in [3.05, 3.63) is 18.2 Å². The topological polar surface area (TPSA) is 60.7 Å². The van der Waals surface area contributed by atoms with Crippen molar-refractivity contribution in [3.63, 3.8) is 0 Å². The lowest BCUT2D eigenvalue weighted by Crippen LogP contribution is -2.84. The molecule has 2 N–H and O–H groups in total. The Balaban J connectivity index is 1.82. The van der Waals surface area contributed by atoms with Crippen LogP contribution in [0.2, 0.25) is 0 Å². The first-order valence-corrected chi connectivity index (χ1v) is 10.2. The summed E-state index contributed by atoms with van der Waals surface area (Å²) in [4.78, 5) is 15.9. The minimum Gasteiger partial charge on any atom is -0.466 e. The third-order valence-electron chi connectivity index (χ3n) is 4.53. The van der Waals surface area contributed by atoms with Gasteiger partial charge in [-0.3, -0.25) is 4.79 Å². The number of imidazole rings is 1. The Morgan fingerprint density at radius 1 is 1.08 bits per heavy atom. The standard InChI is InChI=1S/C20H37N3O2/c1-3-4-5-6-7-8-9-18-25-20(24)12-10-13-21-14-11-16-23-17-15-22-19(23)2/h15,17,21H,3-14,16,18H2,1-2H3/p+1. The number of carbonyl (C=O) groups excluding carboxylic acids is 1. The van der Waals surface area contributed by atoms with Crippen molar-refractivity contribution in [2.24, 2.45) is 0 Å². The molecule has 0 saturated heterocycles. The van der Waals surface area contributed by atoms with Crippen molar-refractivity contribution in [2.45, 2.75) is 84.6 Å². The molecule has 0 amide bonds. The summed E-state index contributed by atoms with van der Waals surface area (Å²) in [5.74, 6) is 1.04. The van der Waals surface area contributed by atoms with Crippen molar-refractivity contribution < 1.29 is 14.8 Å². The van der Waals surface area contributed by atoms with Gasteiger partial charge >= 0.3 is 5.97 Å². The fourth-order valence-electron chi connectivity index (χ4n) is 2.90. The fourth-order valence-corrected chi connectivity index (χ4v) is 2.90. The molecule has 0 bridgehead atoms. The zero-order chi connectivity index (χ0) is 18.2. The second kappa shape index (κ2) is 14.9. The maximum atomic E-state index is 11.7. The summed E-state index contributed by atoms with van der Waals surface area (Å²) in [6.07, 6.45) is 15.2. The highest BCUT2D eigenvalue weighted by Crippen LogP contribution is 2.07. The number of hydrogen-bond acceptors (Lipinski definition) is 3. The molecule has 5 heteroatoms. The molecule has 1 heterocycles. The minimum absolute atomic E-state index is 0.0339. The van der Waals surface area contributed by atoms with Crippen LogP contribution in [0.4, 0.5) is 0 Å². The maximum absolute atomic E-state index is 11.7. The molecular formula is C20H38N3O2+. The lowest BCUT2D eigenvalue weighted by atomic mass is 10.1. The van der Waals surface area contributed by atoms with Crippen LogP contribution in [-0.2, 0) is 16.1 Å². The van der Waals surface area contributed by atoms with E-state index in [1.165, 1.54) is 38.5 Å². The first-order chi connectivity index (χ1) is 12.2. The SMILES string of the molecule is CCCCCCCCCOC(=O)CCC[NH2+]CCCn1ccnc1C. The highest BCUT2D eigenvalue weighted by atomic mass is 16.5. The second-order valence-corrected chi connectivity index (χ2v) is 6.83. The number of aryl methyl sites for hydroxylation is 2. The van der Waals surface area contributed by atoms with Gasteiger partial charge in [0.05, 0.1) is 26.1 Å². The van der Waals surface area contributed by atoms with E-state index >= 15 is 0 Å². The summed E-state index contributed by atoms with van der Waals surface area (Å²) in [7, 11) is 0. The van der Waals surface area contributed by atoms with Gasteiger partial charge in [0.15, 0.2) is 0 Å². The van der Waals surface area contributed by atoms with E-state index in [2.05, 4.69) is 21.8 Å². The fraction of sp³-hybridized carbons (Fsp3) is 0.800. The van der Waals surface area contributed by atoms with Gasteiger partial charge in [0.2, 0.25) is 0 Å². The van der Waals surface area contributed by atoms with E-state index in [9.17, 15) is 4.79 Å². The molecule has 1 aromatic heterocycles. The molecule has 0 fully saturated rings. The Hall–Kier alpha value is -1.36. The van der Waals surface area contributed by atoms with Gasteiger partial charge in [-0.1, -0.05) is 45.4 Å². The van der Waals surface area contributed by atoms with E-state index in [0.29, 0.717) is 13.0 Å². The summed E-state index contributed by atoms with van der Waals surface area (Å²) in [6, 6.07) is 0. The van der Waals surface area contributed by atoms with Crippen LogP contribution in [0, 0.1) is 6.92 Å². The number of aromatic nitrogens is 2. The van der Waals surface area contributed by atoms with Crippen LogP contribution in [0.15, 0.2) is 12.4 Å². The van der Waals surface area contributed by atoms with Gasteiger partial charge in [-0.15, -0.1) is 0 Å². The summed E-state index contributed by atoms with van der Waals surface area (Å²) >= 11 is 0. The van der Waals surface area contributed by atoms with Gasteiger partial charge < -0.3 is 14.6 Å². The van der Waals surface area contributed by atoms with Crippen LogP contribution < -0.4 is 5.32 Å². The molecule has 0 saturated carbocycles. The number of hydrogen-bond donors (Lipinski definition) is 1. The molecule has 0 aliphatic heterocycles. The van der Waals surface area contributed by atoms with Gasteiger partial charge in [-0.25, -0.2) is 4.98 Å². The molecule has 25 heavy (non-hydrogen) atoms. The molecule has 0 radical (unpaired) electrons. The molecule has 5 nitrogen and oxygen atoms in total. The normalized spacial score (nSPS) is 11.0. The van der Waals surface area contributed by atoms with Crippen LogP contribution in [0.25, 0.3) is 0 Å². The van der Waals surface area contributed by atoms with Gasteiger partial charge in [-0.05, 0) is 13.3 Å². The third-order valence-corrected chi connectivity index (χ3v) is 4.53. The van der Waals surface area contributed by atoms with E-state index in [-0.39, 0.29) is 5.97 Å². The van der Waals surface area contributed by atoms with E-state index in [4.69, 9.17) is 4.74 Å². The summed E-state index contributed by atoms with van der Waals surface area (Å²) in [5, 5.41) is 2.29. The van der Waals surface area contributed by atoms with Crippen molar-refractivity contribution in [1.29, 1.82) is 0 Å². The maximum Gasteiger partial charge on any atom is 0.306 e. The van der Waals surface area contributed by atoms with Crippen LogP contribution in [0.3, 0.4) is 0 Å². The third kappa shape index (κ3) is 11.8. The van der Waals surface area contributed by atoms with Crippen LogP contribution in [-0.4, -0.2) is 35.2 Å². The summed E-state index contributed by atoms with van der Waals surface area (Å²) < 4.78 is 7.47. The zero-order valence-electron chi connectivity index (χ0n) is 16.3. The van der Waals surface area contributed by atoms with Gasteiger partial charge in [0.25, 0.3) is 0 Å². The van der Waals surface area contributed by atoms with Crippen LogP contribution >= 0.6 is 0 Å². The molecular weight excluding hydrogens is 314 g/mol. The molecule has 0 aliphatic carbocycles. The smallest absolute Gasteiger partial charge is 0.306 e. The first-order valence-electron chi connectivity index (χ1n) is 10.2. The molecule has 1 rings (SSSR count). The van der Waals surface area contributed by atoms with Crippen LogP contribution in [0.1, 0.15) is 77.0 Å². The largest absolute Gasteiger partial charge is 0.466 e. The number of nitrogens with two attached hydrogens (primary N) is 1. The van der Waals surface area contributed by atoms with Gasteiger partial charge in [0, 0.05) is 31.8 Å². The van der Waals surface area contributed by atoms with Crippen molar-refractivity contribution in [3.8, 4) is 0 Å². The quantitative estimate of drug-likeness (QED) is 0.367. The summed E-state index contributed by atoms with van der Waals surface area (Å²) in [5.41, 5.74) is 0. The predicted octanol–water partition coefficient (Wildman–Crippen LogP) is 3.22. The second-order valence-electron chi connectivity index (χ2n) is 6.83. The van der Waals surface area contributed by atoms with Gasteiger partial charge in [-0.2, -0.15) is 0 Å². The number of rotatable bonds is 16. The molecule has 0 spiro atoms. The summed E-state index contributed by atoms with van der Waals surface area (Å²) in [6.45, 7) is 7.96. The van der Waals surface area contributed by atoms with E-state index in [1.54, 1.807) is 0 Å². The Morgan fingerprint density at radius 3 is 2.52 bits per heavy atom. The highest BCUT2D eigenvalue weighted by molar-refractivity contribution is 5.69. The average Bonchev–Trinajstić information content (AvgIpc) is 3.01. The van der Waals surface area contributed by atoms with E-state index < -0.39 is 0 Å². The van der Waals surface area contributed by atoms with E-state index in [1.807, 2.05) is 19.3 Å². The van der Waals surface area contributed by atoms with E-state index in [0.717, 1.165) is 44.7 Å². The number of ether oxygens (including phenoxy) is 1. The number of unbranched alkanes of at least 4 members (excludes halogenated alkanes) is 6. The number of carbonyl (C=O) groups is 1. The van der Waals surface area contributed by atoms with Gasteiger partial charge in [0.1, 0.15) is 5.82 Å². The molecule has 144 valence electrons. The number of quaternary nitrogens is 1. The lowest BCUT2D eigenvalue weighted by Gasteiger charge is -2.06. The Bertz CT molecular complexity index is 446. The monoisotopic (exact) mass is 352 g/mol. The molecule has 0 atom stereocenters. The highest BCUT2D eigenvalue weighted by Gasteiger charge is 2.03. The predicted molar refractivity (Wildman–Crippen MR) is 101 cm³/mol. The Labute approximate surface area is 153 Å². The first kappa shape index (κ1) is 21.7. The van der Waals surface area contributed by atoms with Crippen molar-refractivity contribution >= 4 is 5.97 Å². The van der Waals surface area contributed by atoms with Crippen LogP contribution in [0.5, 0.6) is 0 Å². The average molecular weight is 353 g/mol. The van der Waals surface area contributed by atoms with Crippen molar-refractivity contribution in [2.75, 3.05) is 19.7 Å². The minimum atomic E-state index is -0.0339. The lowest BCUT2D eigenvalue weighted by molar-refractivity contribution is -0.655. The molecule has 0 aromatic carbocycles.